The highest BCUT2D eigenvalue weighted by atomic mass is 16.4. The fraction of sp³-hybridized carbons (Fsp3) is 0.857. The van der Waals surface area contributed by atoms with E-state index in [0.29, 0.717) is 18.9 Å². The molecule has 1 heterocycles. The first-order valence-corrected chi connectivity index (χ1v) is 7.56. The number of nitrogens with two attached hydrogens (primary N) is 1. The molecule has 6 nitrogen and oxygen atoms in total. The van der Waals surface area contributed by atoms with Gasteiger partial charge in [-0.1, -0.05) is 18.5 Å². The molecule has 0 radical (unpaired) electrons. The van der Waals surface area contributed by atoms with E-state index in [1.807, 2.05) is 4.90 Å². The van der Waals surface area contributed by atoms with Gasteiger partial charge in [-0.2, -0.15) is 0 Å². The molecule has 1 aliphatic heterocycles. The van der Waals surface area contributed by atoms with E-state index in [2.05, 4.69) is 23.9 Å². The van der Waals surface area contributed by atoms with Gasteiger partial charge < -0.3 is 15.8 Å². The van der Waals surface area contributed by atoms with Crippen LogP contribution in [-0.2, 0) is 4.79 Å². The minimum atomic E-state index is -0.729. The van der Waals surface area contributed by atoms with E-state index >= 15 is 0 Å². The van der Waals surface area contributed by atoms with Gasteiger partial charge >= 0.3 is 0 Å². The van der Waals surface area contributed by atoms with Gasteiger partial charge in [-0.3, -0.25) is 9.69 Å². The number of carbonyl (C=O) groups is 1. The van der Waals surface area contributed by atoms with E-state index in [-0.39, 0.29) is 11.7 Å². The first-order valence-electron chi connectivity index (χ1n) is 7.56. The fourth-order valence-electron chi connectivity index (χ4n) is 3.13. The number of amidine groups is 1. The van der Waals surface area contributed by atoms with Crippen LogP contribution in [0.2, 0.25) is 0 Å². The summed E-state index contributed by atoms with van der Waals surface area (Å²) in [4.78, 5) is 17.0. The monoisotopic (exact) mass is 282 g/mol. The van der Waals surface area contributed by atoms with E-state index in [1.54, 1.807) is 0 Å². The van der Waals surface area contributed by atoms with Gasteiger partial charge in [0, 0.05) is 32.2 Å². The Morgan fingerprint density at radius 1 is 1.35 bits per heavy atom. The summed E-state index contributed by atoms with van der Waals surface area (Å²) < 4.78 is 0. The number of piperazine rings is 1. The van der Waals surface area contributed by atoms with Crippen molar-refractivity contribution in [2.75, 3.05) is 26.2 Å². The highest BCUT2D eigenvalue weighted by Gasteiger charge is 2.50. The fourth-order valence-corrected chi connectivity index (χ4v) is 3.13. The summed E-state index contributed by atoms with van der Waals surface area (Å²) in [5, 5.41) is 12.0. The Balaban J connectivity index is 1.98. The third kappa shape index (κ3) is 2.49. The zero-order valence-electron chi connectivity index (χ0n) is 12.5. The van der Waals surface area contributed by atoms with Crippen LogP contribution in [0.4, 0.5) is 0 Å². The average Bonchev–Trinajstić information content (AvgIpc) is 2.45. The number of rotatable bonds is 4. The van der Waals surface area contributed by atoms with Crippen LogP contribution < -0.4 is 5.73 Å². The number of oxime groups is 1. The van der Waals surface area contributed by atoms with Crippen LogP contribution in [0, 0.1) is 5.41 Å². The molecule has 1 saturated heterocycles. The zero-order valence-corrected chi connectivity index (χ0v) is 12.5. The Hall–Kier alpha value is -1.30. The van der Waals surface area contributed by atoms with Crippen molar-refractivity contribution in [1.82, 2.24) is 9.80 Å². The van der Waals surface area contributed by atoms with Crippen LogP contribution in [0.3, 0.4) is 0 Å². The van der Waals surface area contributed by atoms with Crippen molar-refractivity contribution in [3.05, 3.63) is 0 Å². The summed E-state index contributed by atoms with van der Waals surface area (Å²) in [6.45, 7) is 7.71. The molecule has 0 aromatic rings. The maximum atomic E-state index is 12.7. The van der Waals surface area contributed by atoms with Gasteiger partial charge in [-0.15, -0.1) is 0 Å². The van der Waals surface area contributed by atoms with E-state index in [0.717, 1.165) is 39.0 Å². The van der Waals surface area contributed by atoms with Gasteiger partial charge in [0.15, 0.2) is 5.84 Å². The predicted molar refractivity (Wildman–Crippen MR) is 77.6 cm³/mol. The van der Waals surface area contributed by atoms with Crippen molar-refractivity contribution >= 4 is 11.7 Å². The van der Waals surface area contributed by atoms with Crippen LogP contribution in [0.5, 0.6) is 0 Å². The SMILES string of the molecule is CCC(C)N1CCN(C(=O)C2(C(N)=NO)CCC2)CC1. The molecule has 1 atom stereocenters. The maximum Gasteiger partial charge on any atom is 0.236 e. The molecule has 2 rings (SSSR count). The van der Waals surface area contributed by atoms with E-state index in [1.165, 1.54) is 0 Å². The van der Waals surface area contributed by atoms with Gasteiger partial charge in [-0.05, 0) is 26.2 Å². The molecule has 6 heteroatoms. The summed E-state index contributed by atoms with van der Waals surface area (Å²) in [6.07, 6.45) is 3.50. The van der Waals surface area contributed by atoms with Crippen LogP contribution in [0.15, 0.2) is 5.16 Å². The Labute approximate surface area is 120 Å². The third-order valence-corrected chi connectivity index (χ3v) is 5.03. The van der Waals surface area contributed by atoms with E-state index in [4.69, 9.17) is 10.9 Å². The van der Waals surface area contributed by atoms with Crippen molar-refractivity contribution < 1.29 is 10.0 Å². The van der Waals surface area contributed by atoms with Crippen molar-refractivity contribution in [2.45, 2.75) is 45.6 Å². The molecule has 0 bridgehead atoms. The topological polar surface area (TPSA) is 82.2 Å². The lowest BCUT2D eigenvalue weighted by molar-refractivity contribution is -0.144. The lowest BCUT2D eigenvalue weighted by Crippen LogP contribution is -2.59. The second-order valence-corrected chi connectivity index (χ2v) is 6.01. The van der Waals surface area contributed by atoms with Crippen LogP contribution in [0.1, 0.15) is 39.5 Å². The molecule has 114 valence electrons. The van der Waals surface area contributed by atoms with E-state index < -0.39 is 5.41 Å². The Kier molecular flexibility index (Phi) is 4.52. The molecule has 0 aromatic carbocycles. The first kappa shape index (κ1) is 15.1. The smallest absolute Gasteiger partial charge is 0.236 e. The summed E-state index contributed by atoms with van der Waals surface area (Å²) in [5.74, 6) is 0.126. The minimum absolute atomic E-state index is 0.0443. The Morgan fingerprint density at radius 3 is 2.35 bits per heavy atom. The van der Waals surface area contributed by atoms with Crippen LogP contribution >= 0.6 is 0 Å². The molecule has 0 aromatic heterocycles. The Bertz CT molecular complexity index is 385. The first-order chi connectivity index (χ1) is 9.55. The highest BCUT2D eigenvalue weighted by Crippen LogP contribution is 2.43. The molecule has 2 aliphatic rings. The molecule has 1 unspecified atom stereocenters. The van der Waals surface area contributed by atoms with Crippen molar-refractivity contribution in [2.24, 2.45) is 16.3 Å². The second-order valence-electron chi connectivity index (χ2n) is 6.01. The number of hydrogen-bond acceptors (Lipinski definition) is 4. The predicted octanol–water partition coefficient (Wildman–Crippen LogP) is 0.846. The second kappa shape index (κ2) is 5.99. The van der Waals surface area contributed by atoms with E-state index in [9.17, 15) is 4.79 Å². The Morgan fingerprint density at radius 2 is 1.95 bits per heavy atom. The molecule has 0 spiro atoms. The number of hydrogen-bond donors (Lipinski definition) is 2. The number of carbonyl (C=O) groups excluding carboxylic acids is 1. The van der Waals surface area contributed by atoms with Crippen molar-refractivity contribution in [3.8, 4) is 0 Å². The molecule has 3 N–H and O–H groups in total. The lowest BCUT2D eigenvalue weighted by Gasteiger charge is -2.45. The normalized spacial score (nSPS) is 25.1. The van der Waals surface area contributed by atoms with Crippen LogP contribution in [0.25, 0.3) is 0 Å². The molecule has 1 amide bonds. The molecule has 20 heavy (non-hydrogen) atoms. The van der Waals surface area contributed by atoms with Gasteiger partial charge in [0.1, 0.15) is 5.41 Å². The highest BCUT2D eigenvalue weighted by molar-refractivity contribution is 6.07. The summed E-state index contributed by atoms with van der Waals surface area (Å²) >= 11 is 0. The third-order valence-electron chi connectivity index (χ3n) is 5.03. The molecule has 1 saturated carbocycles. The summed E-state index contributed by atoms with van der Waals surface area (Å²) in [5.41, 5.74) is 5.03. The summed E-state index contributed by atoms with van der Waals surface area (Å²) in [6, 6.07) is 0.564. The zero-order chi connectivity index (χ0) is 14.8. The van der Waals surface area contributed by atoms with Gasteiger partial charge in [0.25, 0.3) is 0 Å². The number of amides is 1. The van der Waals surface area contributed by atoms with Gasteiger partial charge in [-0.25, -0.2) is 0 Å². The molecular weight excluding hydrogens is 256 g/mol. The quantitative estimate of drug-likeness (QED) is 0.346. The minimum Gasteiger partial charge on any atom is -0.409 e. The van der Waals surface area contributed by atoms with Crippen molar-refractivity contribution in [1.29, 1.82) is 0 Å². The maximum absolute atomic E-state index is 12.7. The van der Waals surface area contributed by atoms with Crippen LogP contribution in [-0.4, -0.2) is 59.0 Å². The lowest BCUT2D eigenvalue weighted by atomic mass is 9.66. The van der Waals surface area contributed by atoms with Gasteiger partial charge in [0.2, 0.25) is 5.91 Å². The molecule has 2 fully saturated rings. The van der Waals surface area contributed by atoms with Gasteiger partial charge in [0.05, 0.1) is 0 Å². The average molecular weight is 282 g/mol. The largest absolute Gasteiger partial charge is 0.409 e. The van der Waals surface area contributed by atoms with Crippen molar-refractivity contribution in [3.63, 3.8) is 0 Å². The molecule has 1 aliphatic carbocycles. The summed E-state index contributed by atoms with van der Waals surface area (Å²) in [7, 11) is 0. The molecular formula is C14H26N4O2. The number of nitrogens with zero attached hydrogens (tertiary/aromatic N) is 3. The standard InChI is InChI=1S/C14H26N4O2/c1-3-11(2)17-7-9-18(10-8-17)13(19)14(5-4-6-14)12(15)16-20/h11,20H,3-10H2,1-2H3,(H2,15,16).